The van der Waals surface area contributed by atoms with Crippen LogP contribution < -0.4 is 29.4 Å². The number of nitrogens with one attached hydrogen (secondary N) is 1. The Morgan fingerprint density at radius 2 is 1.50 bits per heavy atom. The van der Waals surface area contributed by atoms with E-state index in [2.05, 4.69) is 4.72 Å². The van der Waals surface area contributed by atoms with Crippen LogP contribution in [0.4, 0.5) is 15.8 Å². The number of benzene rings is 3. The lowest BCUT2D eigenvalue weighted by molar-refractivity contribution is 0.324. The van der Waals surface area contributed by atoms with E-state index in [1.165, 1.54) is 58.8 Å². The molecule has 3 rings (SSSR count). The molecule has 0 atom stereocenters. The van der Waals surface area contributed by atoms with Crippen molar-refractivity contribution in [1.82, 2.24) is 0 Å². The number of ether oxygens (including phenoxy) is 4. The van der Waals surface area contributed by atoms with Gasteiger partial charge in [-0.05, 0) is 48.0 Å². The van der Waals surface area contributed by atoms with E-state index in [0.717, 1.165) is 0 Å². The number of hydrogen-bond donors (Lipinski definition) is 2. The van der Waals surface area contributed by atoms with Gasteiger partial charge in [-0.15, -0.1) is 0 Å². The Hall–Kier alpha value is -3.92. The van der Waals surface area contributed by atoms with Gasteiger partial charge in [0, 0.05) is 11.3 Å². The third-order valence-electron chi connectivity index (χ3n) is 4.89. The molecule has 0 fully saturated rings. The third kappa shape index (κ3) is 5.18. The largest absolute Gasteiger partial charge is 0.493 e. The van der Waals surface area contributed by atoms with Gasteiger partial charge in [0.05, 0.1) is 33.3 Å². The normalized spacial score (nSPS) is 11.3. The Bertz CT molecular complexity index is 1300. The molecule has 0 amide bonds. The van der Waals surface area contributed by atoms with Crippen LogP contribution in [0.25, 0.3) is 12.2 Å². The van der Waals surface area contributed by atoms with Crippen molar-refractivity contribution >= 4 is 33.6 Å². The summed E-state index contributed by atoms with van der Waals surface area (Å²) in [5.74, 6) is 0.347. The maximum atomic E-state index is 14.5. The number of nitrogen functional groups attached to an aromatic ring is 1. The number of hydrogen-bond acceptors (Lipinski definition) is 7. The molecule has 0 saturated carbocycles. The van der Waals surface area contributed by atoms with E-state index < -0.39 is 15.8 Å². The van der Waals surface area contributed by atoms with Crippen molar-refractivity contribution in [2.24, 2.45) is 0 Å². The molecule has 8 nitrogen and oxygen atoms in total. The first kappa shape index (κ1) is 24.7. The van der Waals surface area contributed by atoms with Crippen molar-refractivity contribution in [3.8, 4) is 23.0 Å². The van der Waals surface area contributed by atoms with E-state index in [9.17, 15) is 12.8 Å². The smallest absolute Gasteiger partial charge is 0.262 e. The summed E-state index contributed by atoms with van der Waals surface area (Å²) in [6.45, 7) is 0. The number of nitrogens with two attached hydrogens (primary N) is 1. The average Bonchev–Trinajstić information content (AvgIpc) is 2.82. The van der Waals surface area contributed by atoms with Gasteiger partial charge in [0.25, 0.3) is 10.0 Å². The molecule has 0 aliphatic heterocycles. The molecule has 34 heavy (non-hydrogen) atoms. The molecule has 0 radical (unpaired) electrons. The van der Waals surface area contributed by atoms with Gasteiger partial charge in [0.1, 0.15) is 5.69 Å². The van der Waals surface area contributed by atoms with Crippen molar-refractivity contribution in [1.29, 1.82) is 0 Å². The maximum absolute atomic E-state index is 14.5. The van der Waals surface area contributed by atoms with Crippen molar-refractivity contribution in [3.05, 3.63) is 65.5 Å². The Morgan fingerprint density at radius 3 is 2.06 bits per heavy atom. The van der Waals surface area contributed by atoms with Crippen LogP contribution in [0.15, 0.2) is 53.4 Å². The monoisotopic (exact) mass is 488 g/mol. The minimum Gasteiger partial charge on any atom is -0.493 e. The number of sulfonamides is 1. The molecule has 10 heteroatoms. The second-order valence-electron chi connectivity index (χ2n) is 7.01. The molecule has 0 aliphatic rings. The topological polar surface area (TPSA) is 109 Å². The Morgan fingerprint density at radius 1 is 0.853 bits per heavy atom. The fraction of sp³-hybridized carbons (Fsp3) is 0.167. The molecule has 3 aromatic rings. The van der Waals surface area contributed by atoms with Crippen LogP contribution >= 0.6 is 0 Å². The van der Waals surface area contributed by atoms with Crippen LogP contribution in [0.2, 0.25) is 0 Å². The van der Waals surface area contributed by atoms with Gasteiger partial charge in [0.15, 0.2) is 23.1 Å². The highest BCUT2D eigenvalue weighted by Gasteiger charge is 2.21. The van der Waals surface area contributed by atoms with Gasteiger partial charge in [-0.1, -0.05) is 18.2 Å². The van der Waals surface area contributed by atoms with Crippen LogP contribution in [-0.2, 0) is 10.0 Å². The van der Waals surface area contributed by atoms with Gasteiger partial charge in [-0.3, -0.25) is 4.72 Å². The predicted molar refractivity (Wildman–Crippen MR) is 130 cm³/mol. The van der Waals surface area contributed by atoms with Gasteiger partial charge in [-0.2, -0.15) is 0 Å². The molecule has 0 unspecified atom stereocenters. The Kier molecular flexibility index (Phi) is 7.52. The standard InChI is InChI=1S/C24H25FN2O6S/c1-30-20-12-15(13-21(31-2)24(20)33-4)8-9-16-10-11-19(25)23(32-3)22(16)27-34(28,29)18-7-5-6-17(26)14-18/h5-14,27H,26H2,1-4H3. The molecule has 0 saturated heterocycles. The highest BCUT2D eigenvalue weighted by Crippen LogP contribution is 2.39. The van der Waals surface area contributed by atoms with Crippen LogP contribution in [0.3, 0.4) is 0 Å². The fourth-order valence-corrected chi connectivity index (χ4v) is 4.42. The first-order chi connectivity index (χ1) is 16.2. The highest BCUT2D eigenvalue weighted by molar-refractivity contribution is 7.92. The van der Waals surface area contributed by atoms with Crippen LogP contribution in [0, 0.1) is 5.82 Å². The average molecular weight is 489 g/mol. The SMILES string of the molecule is COc1cc(C=Cc2ccc(F)c(OC)c2NS(=O)(=O)c2cccc(N)c2)cc(OC)c1OC. The number of methoxy groups -OCH3 is 4. The molecule has 0 aromatic heterocycles. The summed E-state index contributed by atoms with van der Waals surface area (Å²) in [4.78, 5) is -0.0710. The zero-order valence-electron chi connectivity index (χ0n) is 19.1. The zero-order chi connectivity index (χ0) is 24.9. The molecule has 0 heterocycles. The van der Waals surface area contributed by atoms with Crippen LogP contribution in [0.1, 0.15) is 11.1 Å². The molecule has 3 aromatic carbocycles. The quantitative estimate of drug-likeness (QED) is 0.339. The van der Waals surface area contributed by atoms with E-state index in [1.807, 2.05) is 0 Å². The van der Waals surface area contributed by atoms with E-state index in [0.29, 0.717) is 28.4 Å². The summed E-state index contributed by atoms with van der Waals surface area (Å²) in [6.07, 6.45) is 3.30. The van der Waals surface area contributed by atoms with Crippen molar-refractivity contribution < 1.29 is 31.8 Å². The number of rotatable bonds is 9. The van der Waals surface area contributed by atoms with Crippen molar-refractivity contribution in [3.63, 3.8) is 0 Å². The first-order valence-corrected chi connectivity index (χ1v) is 11.4. The first-order valence-electron chi connectivity index (χ1n) is 9.97. The van der Waals surface area contributed by atoms with Crippen molar-refractivity contribution in [2.45, 2.75) is 4.90 Å². The lowest BCUT2D eigenvalue weighted by atomic mass is 10.1. The van der Waals surface area contributed by atoms with Gasteiger partial charge >= 0.3 is 0 Å². The predicted octanol–water partition coefficient (Wildman–Crippen LogP) is 4.41. The summed E-state index contributed by atoms with van der Waals surface area (Å²) in [5.41, 5.74) is 6.96. The van der Waals surface area contributed by atoms with Gasteiger partial charge < -0.3 is 24.7 Å². The molecular weight excluding hydrogens is 463 g/mol. The highest BCUT2D eigenvalue weighted by atomic mass is 32.2. The molecule has 3 N–H and O–H groups in total. The summed E-state index contributed by atoms with van der Waals surface area (Å²) in [6, 6.07) is 11.8. The number of anilines is 2. The molecule has 0 spiro atoms. The summed E-state index contributed by atoms with van der Waals surface area (Å²) in [5, 5.41) is 0. The number of halogens is 1. The van der Waals surface area contributed by atoms with Crippen LogP contribution in [0.5, 0.6) is 23.0 Å². The Labute approximate surface area is 197 Å². The summed E-state index contributed by atoms with van der Waals surface area (Å²) >= 11 is 0. The van der Waals surface area contributed by atoms with E-state index in [1.54, 1.807) is 30.4 Å². The van der Waals surface area contributed by atoms with Crippen LogP contribution in [-0.4, -0.2) is 36.9 Å². The molecular formula is C24H25FN2O6S. The molecule has 0 aliphatic carbocycles. The van der Waals surface area contributed by atoms with Gasteiger partial charge in [0.2, 0.25) is 5.75 Å². The van der Waals surface area contributed by atoms with E-state index >= 15 is 0 Å². The Balaban J connectivity index is 2.08. The summed E-state index contributed by atoms with van der Waals surface area (Å²) in [7, 11) is 1.66. The minimum absolute atomic E-state index is 0.0615. The van der Waals surface area contributed by atoms with Gasteiger partial charge in [-0.25, -0.2) is 12.8 Å². The minimum atomic E-state index is -4.09. The zero-order valence-corrected chi connectivity index (χ0v) is 19.9. The lowest BCUT2D eigenvalue weighted by Gasteiger charge is -2.16. The fourth-order valence-electron chi connectivity index (χ4n) is 3.27. The second kappa shape index (κ2) is 10.3. The van der Waals surface area contributed by atoms with E-state index in [-0.39, 0.29) is 22.0 Å². The lowest BCUT2D eigenvalue weighted by Crippen LogP contribution is -2.15. The molecule has 0 bridgehead atoms. The second-order valence-corrected chi connectivity index (χ2v) is 8.70. The maximum Gasteiger partial charge on any atom is 0.262 e. The van der Waals surface area contributed by atoms with Crippen molar-refractivity contribution in [2.75, 3.05) is 38.9 Å². The molecule has 180 valence electrons. The third-order valence-corrected chi connectivity index (χ3v) is 6.24. The summed E-state index contributed by atoms with van der Waals surface area (Å²) < 4.78 is 64.1. The van der Waals surface area contributed by atoms with E-state index in [4.69, 9.17) is 24.7 Å².